The molecule has 0 amide bonds. The highest BCUT2D eigenvalue weighted by Gasteiger charge is 2.38. The quantitative estimate of drug-likeness (QED) is 0.827. The topological polar surface area (TPSA) is 29.3 Å². The summed E-state index contributed by atoms with van der Waals surface area (Å²) in [5, 5.41) is 0. The lowest BCUT2D eigenvalue weighted by atomic mass is 9.83. The van der Waals surface area contributed by atoms with Crippen LogP contribution >= 0.6 is 0 Å². The zero-order valence-electron chi connectivity index (χ0n) is 11.4. The number of halogens is 3. The molecular formula is C13H25F3N2. The van der Waals surface area contributed by atoms with E-state index in [1.54, 1.807) is 0 Å². The minimum atomic E-state index is -4.10. The van der Waals surface area contributed by atoms with Crippen molar-refractivity contribution in [1.29, 1.82) is 0 Å². The molecule has 108 valence electrons. The number of likely N-dealkylation sites (tertiary alicyclic amines) is 1. The molecule has 1 rings (SSSR count). The van der Waals surface area contributed by atoms with Crippen molar-refractivity contribution in [2.75, 3.05) is 13.1 Å². The highest BCUT2D eigenvalue weighted by atomic mass is 19.4. The lowest BCUT2D eigenvalue weighted by Gasteiger charge is -2.47. The Bertz CT molecular complexity index is 249. The molecule has 1 saturated heterocycles. The van der Waals surface area contributed by atoms with Crippen LogP contribution in [0.15, 0.2) is 0 Å². The molecule has 0 aromatic rings. The van der Waals surface area contributed by atoms with Crippen LogP contribution in [0.1, 0.15) is 52.4 Å². The second-order valence-electron chi connectivity index (χ2n) is 5.52. The van der Waals surface area contributed by atoms with E-state index in [4.69, 9.17) is 5.73 Å². The standard InChI is InChI=1S/C13H25F3N2/c1-3-12(2,18-9-5-4-6-10-18)11(17)7-8-13(14,15)16/h11H,3-10,17H2,1-2H3. The van der Waals surface area contributed by atoms with Gasteiger partial charge in [-0.25, -0.2) is 0 Å². The maximum atomic E-state index is 12.3. The number of hydrogen-bond donors (Lipinski definition) is 1. The molecule has 0 aromatic carbocycles. The van der Waals surface area contributed by atoms with Crippen LogP contribution in [-0.2, 0) is 0 Å². The third-order valence-electron chi connectivity index (χ3n) is 4.33. The molecule has 2 unspecified atom stereocenters. The number of alkyl halides is 3. The molecular weight excluding hydrogens is 241 g/mol. The van der Waals surface area contributed by atoms with Gasteiger partial charge in [-0.05, 0) is 45.7 Å². The normalized spacial score (nSPS) is 23.7. The third-order valence-corrected chi connectivity index (χ3v) is 4.33. The van der Waals surface area contributed by atoms with Gasteiger partial charge in [-0.1, -0.05) is 13.3 Å². The van der Waals surface area contributed by atoms with E-state index in [9.17, 15) is 13.2 Å². The van der Waals surface area contributed by atoms with Crippen LogP contribution in [0.3, 0.4) is 0 Å². The van der Waals surface area contributed by atoms with Gasteiger partial charge < -0.3 is 5.73 Å². The maximum Gasteiger partial charge on any atom is 0.389 e. The fourth-order valence-corrected chi connectivity index (χ4v) is 2.76. The van der Waals surface area contributed by atoms with E-state index in [1.165, 1.54) is 6.42 Å². The van der Waals surface area contributed by atoms with Gasteiger partial charge in [0.05, 0.1) is 0 Å². The van der Waals surface area contributed by atoms with Gasteiger partial charge in [-0.15, -0.1) is 0 Å². The Kier molecular flexibility index (Phi) is 5.46. The van der Waals surface area contributed by atoms with Gasteiger partial charge >= 0.3 is 6.18 Å². The smallest absolute Gasteiger partial charge is 0.326 e. The Hall–Kier alpha value is -0.290. The SMILES string of the molecule is CCC(C)(C(N)CCC(F)(F)F)N1CCCCC1. The second-order valence-corrected chi connectivity index (χ2v) is 5.52. The molecule has 18 heavy (non-hydrogen) atoms. The Morgan fingerprint density at radius 3 is 2.17 bits per heavy atom. The van der Waals surface area contributed by atoms with Gasteiger partial charge in [0.2, 0.25) is 0 Å². The number of piperidine rings is 1. The van der Waals surface area contributed by atoms with E-state index >= 15 is 0 Å². The number of rotatable bonds is 5. The van der Waals surface area contributed by atoms with Crippen LogP contribution in [0.4, 0.5) is 13.2 Å². The van der Waals surface area contributed by atoms with Crippen molar-refractivity contribution in [3.05, 3.63) is 0 Å². The highest BCUT2D eigenvalue weighted by Crippen LogP contribution is 2.31. The van der Waals surface area contributed by atoms with Crippen molar-refractivity contribution in [2.24, 2.45) is 5.73 Å². The van der Waals surface area contributed by atoms with Crippen LogP contribution in [0.25, 0.3) is 0 Å². The number of nitrogens with zero attached hydrogens (tertiary/aromatic N) is 1. The van der Waals surface area contributed by atoms with Crippen LogP contribution in [0, 0.1) is 0 Å². The number of nitrogens with two attached hydrogens (primary N) is 1. The summed E-state index contributed by atoms with van der Waals surface area (Å²) in [6.45, 7) is 5.95. The maximum absolute atomic E-state index is 12.3. The molecule has 1 aliphatic heterocycles. The summed E-state index contributed by atoms with van der Waals surface area (Å²) < 4.78 is 36.8. The summed E-state index contributed by atoms with van der Waals surface area (Å²) in [4.78, 5) is 2.29. The molecule has 0 aliphatic carbocycles. The predicted octanol–water partition coefficient (Wildman–Crippen LogP) is 3.31. The Labute approximate surface area is 108 Å². The van der Waals surface area contributed by atoms with Crippen LogP contribution in [-0.4, -0.2) is 35.7 Å². The van der Waals surface area contributed by atoms with E-state index in [2.05, 4.69) is 4.90 Å². The van der Waals surface area contributed by atoms with Gasteiger partial charge in [0, 0.05) is 18.0 Å². The first-order valence-electron chi connectivity index (χ1n) is 6.87. The summed E-state index contributed by atoms with van der Waals surface area (Å²) in [6.07, 6.45) is -0.598. The van der Waals surface area contributed by atoms with Crippen LogP contribution in [0.2, 0.25) is 0 Å². The molecule has 2 N–H and O–H groups in total. The molecule has 0 spiro atoms. The Morgan fingerprint density at radius 1 is 1.17 bits per heavy atom. The molecule has 0 bridgehead atoms. The second kappa shape index (κ2) is 6.24. The fraction of sp³-hybridized carbons (Fsp3) is 1.00. The van der Waals surface area contributed by atoms with E-state index < -0.39 is 18.6 Å². The van der Waals surface area contributed by atoms with Gasteiger partial charge in [0.15, 0.2) is 0 Å². The molecule has 1 fully saturated rings. The van der Waals surface area contributed by atoms with Crippen molar-refractivity contribution in [3.8, 4) is 0 Å². The summed E-state index contributed by atoms with van der Waals surface area (Å²) >= 11 is 0. The van der Waals surface area contributed by atoms with Gasteiger partial charge in [0.1, 0.15) is 0 Å². The summed E-state index contributed by atoms with van der Waals surface area (Å²) in [7, 11) is 0. The van der Waals surface area contributed by atoms with Crippen molar-refractivity contribution in [2.45, 2.75) is 70.1 Å². The van der Waals surface area contributed by atoms with Gasteiger partial charge in [0.25, 0.3) is 0 Å². The predicted molar refractivity (Wildman–Crippen MR) is 67.4 cm³/mol. The molecule has 2 atom stereocenters. The lowest BCUT2D eigenvalue weighted by molar-refractivity contribution is -0.138. The zero-order valence-corrected chi connectivity index (χ0v) is 11.4. The summed E-state index contributed by atoms with van der Waals surface area (Å²) in [5.41, 5.74) is 5.76. The molecule has 2 nitrogen and oxygen atoms in total. The van der Waals surface area contributed by atoms with E-state index in [0.29, 0.717) is 0 Å². The van der Waals surface area contributed by atoms with Crippen LogP contribution in [0.5, 0.6) is 0 Å². The fourth-order valence-electron chi connectivity index (χ4n) is 2.76. The first-order valence-corrected chi connectivity index (χ1v) is 6.87. The lowest BCUT2D eigenvalue weighted by Crippen LogP contribution is -2.59. The first kappa shape index (κ1) is 15.8. The summed E-state index contributed by atoms with van der Waals surface area (Å²) in [6, 6.07) is -0.415. The van der Waals surface area contributed by atoms with Gasteiger partial charge in [-0.2, -0.15) is 13.2 Å². The van der Waals surface area contributed by atoms with E-state index in [0.717, 1.165) is 32.4 Å². The summed E-state index contributed by atoms with van der Waals surface area (Å²) in [5.74, 6) is 0. The van der Waals surface area contributed by atoms with E-state index in [1.807, 2.05) is 13.8 Å². The van der Waals surface area contributed by atoms with Crippen molar-refractivity contribution in [1.82, 2.24) is 4.90 Å². The molecule has 0 aromatic heterocycles. The van der Waals surface area contributed by atoms with Gasteiger partial charge in [-0.3, -0.25) is 4.90 Å². The van der Waals surface area contributed by atoms with Crippen molar-refractivity contribution >= 4 is 0 Å². The first-order chi connectivity index (χ1) is 8.29. The Balaban J connectivity index is 2.61. The molecule has 0 saturated carbocycles. The number of hydrogen-bond acceptors (Lipinski definition) is 2. The highest BCUT2D eigenvalue weighted by molar-refractivity contribution is 4.95. The minimum Gasteiger partial charge on any atom is -0.326 e. The average Bonchev–Trinajstić information content (AvgIpc) is 2.35. The van der Waals surface area contributed by atoms with E-state index in [-0.39, 0.29) is 12.0 Å². The average molecular weight is 266 g/mol. The molecule has 5 heteroatoms. The van der Waals surface area contributed by atoms with Crippen LogP contribution < -0.4 is 5.73 Å². The monoisotopic (exact) mass is 266 g/mol. The third kappa shape index (κ3) is 4.12. The van der Waals surface area contributed by atoms with Crippen molar-refractivity contribution in [3.63, 3.8) is 0 Å². The molecule has 1 heterocycles. The minimum absolute atomic E-state index is 0.0182. The largest absolute Gasteiger partial charge is 0.389 e. The van der Waals surface area contributed by atoms with Crippen molar-refractivity contribution < 1.29 is 13.2 Å². The Morgan fingerprint density at radius 2 is 1.72 bits per heavy atom. The zero-order chi connectivity index (χ0) is 13.8. The molecule has 1 aliphatic rings. The molecule has 0 radical (unpaired) electrons.